The van der Waals surface area contributed by atoms with E-state index >= 15 is 0 Å². The van der Waals surface area contributed by atoms with Crippen molar-refractivity contribution >= 4 is 40.2 Å². The third-order valence-corrected chi connectivity index (χ3v) is 4.74. The van der Waals surface area contributed by atoms with Gasteiger partial charge in [-0.05, 0) is 46.2 Å². The molecule has 0 bridgehead atoms. The minimum absolute atomic E-state index is 0.0592. The molecule has 0 unspecified atom stereocenters. The Morgan fingerprint density at radius 3 is 2.30 bits per heavy atom. The molecule has 0 heterocycles. The number of benzene rings is 2. The Balaban J connectivity index is 2.09. The monoisotopic (exact) mass is 423 g/mol. The fraction of sp³-hybridized carbons (Fsp3) is 0.222. The van der Waals surface area contributed by atoms with Gasteiger partial charge in [-0.1, -0.05) is 49.4 Å². The van der Waals surface area contributed by atoms with Crippen LogP contribution in [0.25, 0.3) is 0 Å². The van der Waals surface area contributed by atoms with Gasteiger partial charge in [-0.3, -0.25) is 9.59 Å². The lowest BCUT2D eigenvalue weighted by atomic mass is 9.85. The number of carboxylic acid groups (broad SMARTS) is 1. The van der Waals surface area contributed by atoms with Crippen molar-refractivity contribution in [2.24, 2.45) is 5.92 Å². The molecule has 2 atom stereocenters. The fourth-order valence-electron chi connectivity index (χ4n) is 2.43. The Morgan fingerprint density at radius 2 is 1.70 bits per heavy atom. The molecule has 2 rings (SSSR count). The summed E-state index contributed by atoms with van der Waals surface area (Å²) in [7, 11) is 0. The normalized spacial score (nSPS) is 13.1. The van der Waals surface area contributed by atoms with Crippen LogP contribution in [0.1, 0.15) is 24.8 Å². The van der Waals surface area contributed by atoms with E-state index in [1.54, 1.807) is 6.07 Å². The van der Waals surface area contributed by atoms with E-state index in [1.807, 2.05) is 55.5 Å². The molecule has 0 aliphatic heterocycles. The van der Waals surface area contributed by atoms with Crippen molar-refractivity contribution in [2.75, 3.05) is 5.32 Å². The molecule has 4 nitrogen and oxygen atoms in total. The summed E-state index contributed by atoms with van der Waals surface area (Å²) in [5.74, 6) is -2.25. The highest BCUT2D eigenvalue weighted by Crippen LogP contribution is 2.28. The SMILES string of the molecule is C[C@@H](c1ccccc1)[C@H](CC(=O)Nc1ccccc1I)C(=O)O. The molecule has 5 heteroatoms. The summed E-state index contributed by atoms with van der Waals surface area (Å²) in [5.41, 5.74) is 1.62. The lowest BCUT2D eigenvalue weighted by molar-refractivity contribution is -0.144. The molecule has 120 valence electrons. The number of nitrogens with one attached hydrogen (secondary N) is 1. The van der Waals surface area contributed by atoms with Gasteiger partial charge in [0.2, 0.25) is 5.91 Å². The highest BCUT2D eigenvalue weighted by atomic mass is 127. The molecule has 0 aliphatic rings. The number of amides is 1. The predicted octanol–water partition coefficient (Wildman–Crippen LogP) is 4.12. The molecule has 1 amide bonds. The number of carbonyl (C=O) groups is 2. The second-order valence-electron chi connectivity index (χ2n) is 5.38. The first-order valence-corrected chi connectivity index (χ1v) is 8.39. The fourth-order valence-corrected chi connectivity index (χ4v) is 2.95. The van der Waals surface area contributed by atoms with Gasteiger partial charge in [-0.25, -0.2) is 0 Å². The van der Waals surface area contributed by atoms with Crippen molar-refractivity contribution in [3.8, 4) is 0 Å². The van der Waals surface area contributed by atoms with E-state index in [-0.39, 0.29) is 18.2 Å². The van der Waals surface area contributed by atoms with E-state index in [0.29, 0.717) is 5.69 Å². The molecule has 0 aromatic heterocycles. The minimum Gasteiger partial charge on any atom is -0.481 e. The summed E-state index contributed by atoms with van der Waals surface area (Å²) >= 11 is 2.13. The average Bonchev–Trinajstić information content (AvgIpc) is 2.55. The van der Waals surface area contributed by atoms with Gasteiger partial charge in [-0.2, -0.15) is 0 Å². The van der Waals surface area contributed by atoms with E-state index < -0.39 is 11.9 Å². The maximum absolute atomic E-state index is 12.2. The molecule has 23 heavy (non-hydrogen) atoms. The molecule has 2 aromatic carbocycles. The van der Waals surface area contributed by atoms with E-state index in [0.717, 1.165) is 9.13 Å². The van der Waals surface area contributed by atoms with Gasteiger partial charge in [0, 0.05) is 9.99 Å². The van der Waals surface area contributed by atoms with Crippen LogP contribution < -0.4 is 5.32 Å². The highest BCUT2D eigenvalue weighted by Gasteiger charge is 2.28. The smallest absolute Gasteiger partial charge is 0.307 e. The highest BCUT2D eigenvalue weighted by molar-refractivity contribution is 14.1. The van der Waals surface area contributed by atoms with Gasteiger partial charge in [0.1, 0.15) is 0 Å². The molecule has 0 aliphatic carbocycles. The molecule has 0 fully saturated rings. The van der Waals surface area contributed by atoms with Crippen molar-refractivity contribution < 1.29 is 14.7 Å². The molecule has 0 spiro atoms. The quantitative estimate of drug-likeness (QED) is 0.687. The third kappa shape index (κ3) is 4.79. The van der Waals surface area contributed by atoms with Crippen LogP contribution in [0.15, 0.2) is 54.6 Å². The van der Waals surface area contributed by atoms with E-state index in [1.165, 1.54) is 0 Å². The third-order valence-electron chi connectivity index (χ3n) is 3.80. The zero-order chi connectivity index (χ0) is 16.8. The molecule has 0 saturated carbocycles. The maximum Gasteiger partial charge on any atom is 0.307 e. The standard InChI is InChI=1S/C18H18INO3/c1-12(13-7-3-2-4-8-13)14(18(22)23)11-17(21)20-16-10-6-5-9-15(16)19/h2-10,12,14H,11H2,1H3,(H,20,21)(H,22,23)/t12-,14-/m0/s1. The Hall–Kier alpha value is -1.89. The first-order valence-electron chi connectivity index (χ1n) is 7.31. The van der Waals surface area contributed by atoms with Crippen LogP contribution >= 0.6 is 22.6 Å². The first-order chi connectivity index (χ1) is 11.0. The van der Waals surface area contributed by atoms with Crippen molar-refractivity contribution in [3.63, 3.8) is 0 Å². The largest absolute Gasteiger partial charge is 0.481 e. The van der Waals surface area contributed by atoms with Crippen LogP contribution in [0.4, 0.5) is 5.69 Å². The van der Waals surface area contributed by atoms with Crippen LogP contribution in [0, 0.1) is 9.49 Å². The number of halogens is 1. The van der Waals surface area contributed by atoms with Crippen LogP contribution in [0.5, 0.6) is 0 Å². The number of carbonyl (C=O) groups excluding carboxylic acids is 1. The van der Waals surface area contributed by atoms with E-state index in [2.05, 4.69) is 27.9 Å². The second kappa shape index (κ2) is 8.10. The zero-order valence-corrected chi connectivity index (χ0v) is 14.9. The number of anilines is 1. The van der Waals surface area contributed by atoms with Crippen molar-refractivity contribution in [2.45, 2.75) is 19.3 Å². The van der Waals surface area contributed by atoms with Crippen LogP contribution in [-0.4, -0.2) is 17.0 Å². The Labute approximate surface area is 149 Å². The molecule has 2 N–H and O–H groups in total. The maximum atomic E-state index is 12.2. The molecule has 2 aromatic rings. The van der Waals surface area contributed by atoms with E-state index in [4.69, 9.17) is 0 Å². The molecular formula is C18H18INO3. The lowest BCUT2D eigenvalue weighted by Crippen LogP contribution is -2.26. The van der Waals surface area contributed by atoms with Gasteiger partial charge in [0.15, 0.2) is 0 Å². The summed E-state index contributed by atoms with van der Waals surface area (Å²) in [6.45, 7) is 1.84. The Bertz CT molecular complexity index is 688. The Kier molecular flexibility index (Phi) is 6.15. The number of hydrogen-bond acceptors (Lipinski definition) is 2. The van der Waals surface area contributed by atoms with Gasteiger partial charge in [-0.15, -0.1) is 0 Å². The van der Waals surface area contributed by atoms with Crippen molar-refractivity contribution in [1.29, 1.82) is 0 Å². The summed E-state index contributed by atoms with van der Waals surface area (Å²) in [4.78, 5) is 23.8. The summed E-state index contributed by atoms with van der Waals surface area (Å²) < 4.78 is 0.918. The minimum atomic E-state index is -0.959. The van der Waals surface area contributed by atoms with Crippen molar-refractivity contribution in [1.82, 2.24) is 0 Å². The lowest BCUT2D eigenvalue weighted by Gasteiger charge is -2.20. The number of aliphatic carboxylic acids is 1. The molecule has 0 saturated heterocycles. The molecule has 0 radical (unpaired) electrons. The predicted molar refractivity (Wildman–Crippen MR) is 98.4 cm³/mol. The second-order valence-corrected chi connectivity index (χ2v) is 6.54. The topological polar surface area (TPSA) is 66.4 Å². The van der Waals surface area contributed by atoms with Crippen LogP contribution in [0.3, 0.4) is 0 Å². The van der Waals surface area contributed by atoms with Crippen molar-refractivity contribution in [3.05, 3.63) is 63.7 Å². The first kappa shape index (κ1) is 17.5. The summed E-state index contributed by atoms with van der Waals surface area (Å²) in [6.07, 6.45) is -0.0592. The zero-order valence-electron chi connectivity index (χ0n) is 12.7. The average molecular weight is 423 g/mol. The number of carboxylic acids is 1. The number of para-hydroxylation sites is 1. The van der Waals surface area contributed by atoms with E-state index in [9.17, 15) is 14.7 Å². The number of rotatable bonds is 6. The van der Waals surface area contributed by atoms with Crippen LogP contribution in [0.2, 0.25) is 0 Å². The Morgan fingerprint density at radius 1 is 1.09 bits per heavy atom. The number of hydrogen-bond donors (Lipinski definition) is 2. The van der Waals surface area contributed by atoms with Gasteiger partial charge in [0.25, 0.3) is 0 Å². The van der Waals surface area contributed by atoms with Crippen LogP contribution in [-0.2, 0) is 9.59 Å². The van der Waals surface area contributed by atoms with Gasteiger partial charge < -0.3 is 10.4 Å². The molecular weight excluding hydrogens is 405 g/mol. The summed E-state index contributed by atoms with van der Waals surface area (Å²) in [5, 5.41) is 12.3. The summed E-state index contributed by atoms with van der Waals surface area (Å²) in [6, 6.07) is 16.8. The van der Waals surface area contributed by atoms with Gasteiger partial charge in [0.05, 0.1) is 11.6 Å². The van der Waals surface area contributed by atoms with Gasteiger partial charge >= 0.3 is 5.97 Å².